The van der Waals surface area contributed by atoms with Crippen molar-refractivity contribution in [2.75, 3.05) is 30.8 Å². The van der Waals surface area contributed by atoms with Gasteiger partial charge in [-0.25, -0.2) is 8.42 Å². The van der Waals surface area contributed by atoms with Gasteiger partial charge in [-0.1, -0.05) is 32.0 Å². The van der Waals surface area contributed by atoms with E-state index in [0.717, 1.165) is 28.3 Å². The summed E-state index contributed by atoms with van der Waals surface area (Å²) in [5.41, 5.74) is 1.32. The van der Waals surface area contributed by atoms with Gasteiger partial charge in [0.05, 0.1) is 31.7 Å². The minimum Gasteiger partial charge on any atom is -0.497 e. The molecule has 0 fully saturated rings. The van der Waals surface area contributed by atoms with E-state index in [1.165, 1.54) is 0 Å². The molecule has 1 atom stereocenters. The van der Waals surface area contributed by atoms with Gasteiger partial charge < -0.3 is 14.8 Å². The molecule has 8 heteroatoms. The number of nitrogens with zero attached hydrogens (tertiary/aromatic N) is 1. The van der Waals surface area contributed by atoms with E-state index in [0.29, 0.717) is 24.0 Å². The lowest BCUT2D eigenvalue weighted by molar-refractivity contribution is -0.120. The molecule has 0 saturated heterocycles. The van der Waals surface area contributed by atoms with Crippen molar-refractivity contribution in [2.45, 2.75) is 33.2 Å². The van der Waals surface area contributed by atoms with E-state index in [2.05, 4.69) is 19.2 Å². The van der Waals surface area contributed by atoms with Crippen LogP contribution < -0.4 is 19.1 Å². The van der Waals surface area contributed by atoms with Crippen LogP contribution in [0.2, 0.25) is 0 Å². The zero-order valence-electron chi connectivity index (χ0n) is 18.8. The van der Waals surface area contributed by atoms with Crippen LogP contribution in [0.3, 0.4) is 0 Å². The van der Waals surface area contributed by atoms with Crippen LogP contribution in [0.5, 0.6) is 11.5 Å². The summed E-state index contributed by atoms with van der Waals surface area (Å²) in [4.78, 5) is 12.9. The van der Waals surface area contributed by atoms with Gasteiger partial charge >= 0.3 is 0 Å². The van der Waals surface area contributed by atoms with Crippen LogP contribution in [0, 0.1) is 5.92 Å². The van der Waals surface area contributed by atoms with E-state index < -0.39 is 10.0 Å². The topological polar surface area (TPSA) is 84.9 Å². The van der Waals surface area contributed by atoms with Gasteiger partial charge in [0.25, 0.3) is 0 Å². The molecule has 1 N–H and O–H groups in total. The predicted molar refractivity (Wildman–Crippen MR) is 123 cm³/mol. The fraction of sp³-hybridized carbons (Fsp3) is 0.435. The number of methoxy groups -OCH3 is 1. The third-order valence-electron chi connectivity index (χ3n) is 4.66. The number of ether oxygens (including phenoxy) is 2. The van der Waals surface area contributed by atoms with Crippen molar-refractivity contribution in [3.05, 3.63) is 54.1 Å². The third kappa shape index (κ3) is 7.47. The Balaban J connectivity index is 2.23. The van der Waals surface area contributed by atoms with Crippen LogP contribution in [0.1, 0.15) is 38.8 Å². The molecule has 2 aromatic carbocycles. The monoisotopic (exact) mass is 448 g/mol. The molecule has 170 valence electrons. The van der Waals surface area contributed by atoms with Gasteiger partial charge in [0.1, 0.15) is 18.0 Å². The van der Waals surface area contributed by atoms with E-state index in [9.17, 15) is 13.2 Å². The third-order valence-corrected chi connectivity index (χ3v) is 5.81. The molecule has 1 amide bonds. The molecule has 0 bridgehead atoms. The molecule has 0 saturated carbocycles. The molecule has 0 aliphatic carbocycles. The van der Waals surface area contributed by atoms with Crippen molar-refractivity contribution in [3.8, 4) is 11.5 Å². The number of hydrogen-bond donors (Lipinski definition) is 1. The second-order valence-corrected chi connectivity index (χ2v) is 9.63. The summed E-state index contributed by atoms with van der Waals surface area (Å²) >= 11 is 0. The number of nitrogens with one attached hydrogen (secondary N) is 1. The summed E-state index contributed by atoms with van der Waals surface area (Å²) in [6.07, 6.45) is 1.81. The van der Waals surface area contributed by atoms with Crippen LogP contribution in [-0.2, 0) is 14.8 Å². The molecule has 0 spiro atoms. The molecular weight excluding hydrogens is 416 g/mol. The Morgan fingerprint density at radius 3 is 2.32 bits per heavy atom. The zero-order valence-corrected chi connectivity index (χ0v) is 19.6. The van der Waals surface area contributed by atoms with E-state index in [4.69, 9.17) is 9.47 Å². The summed E-state index contributed by atoms with van der Waals surface area (Å²) in [6, 6.07) is 14.0. The molecule has 0 aliphatic rings. The van der Waals surface area contributed by atoms with Gasteiger partial charge in [0.2, 0.25) is 15.9 Å². The predicted octanol–water partition coefficient (Wildman–Crippen LogP) is 3.76. The van der Waals surface area contributed by atoms with E-state index in [-0.39, 0.29) is 18.5 Å². The molecule has 2 rings (SSSR count). The van der Waals surface area contributed by atoms with Crippen LogP contribution >= 0.6 is 0 Å². The van der Waals surface area contributed by atoms with Crippen LogP contribution in [0.4, 0.5) is 5.69 Å². The average molecular weight is 449 g/mol. The van der Waals surface area contributed by atoms with Gasteiger partial charge in [-0.05, 0) is 49.1 Å². The SMILES string of the molecule is CCOc1cccc(N(CC(=O)N[C@@H](CC(C)C)c2ccc(OC)cc2)S(C)(=O)=O)c1. The Morgan fingerprint density at radius 2 is 1.77 bits per heavy atom. The number of sulfonamides is 1. The molecule has 2 aromatic rings. The van der Waals surface area contributed by atoms with Gasteiger partial charge in [0, 0.05) is 6.07 Å². The quantitative estimate of drug-likeness (QED) is 0.566. The van der Waals surface area contributed by atoms with Crippen molar-refractivity contribution in [2.24, 2.45) is 5.92 Å². The lowest BCUT2D eigenvalue weighted by Crippen LogP contribution is -2.41. The highest BCUT2D eigenvalue weighted by Gasteiger charge is 2.24. The minimum absolute atomic E-state index is 0.241. The second-order valence-electron chi connectivity index (χ2n) is 7.72. The molecule has 0 aliphatic heterocycles. The fourth-order valence-electron chi connectivity index (χ4n) is 3.25. The van der Waals surface area contributed by atoms with Gasteiger partial charge in [-0.3, -0.25) is 9.10 Å². The molecule has 0 aromatic heterocycles. The largest absolute Gasteiger partial charge is 0.497 e. The van der Waals surface area contributed by atoms with Crippen molar-refractivity contribution in [1.82, 2.24) is 5.32 Å². The lowest BCUT2D eigenvalue weighted by Gasteiger charge is -2.25. The Bertz CT molecular complexity index is 958. The Kier molecular flexibility index (Phi) is 8.74. The van der Waals surface area contributed by atoms with Crippen molar-refractivity contribution in [1.29, 1.82) is 0 Å². The lowest BCUT2D eigenvalue weighted by atomic mass is 9.97. The highest BCUT2D eigenvalue weighted by atomic mass is 32.2. The number of carbonyl (C=O) groups is 1. The van der Waals surface area contributed by atoms with Crippen molar-refractivity contribution < 1.29 is 22.7 Å². The van der Waals surface area contributed by atoms with Crippen molar-refractivity contribution >= 4 is 21.6 Å². The molecule has 0 radical (unpaired) electrons. The molecule has 7 nitrogen and oxygen atoms in total. The molecule has 31 heavy (non-hydrogen) atoms. The number of amides is 1. The molecule has 0 unspecified atom stereocenters. The Morgan fingerprint density at radius 1 is 1.10 bits per heavy atom. The molecular formula is C23H32N2O5S. The fourth-order valence-corrected chi connectivity index (χ4v) is 4.10. The van der Waals surface area contributed by atoms with Crippen molar-refractivity contribution in [3.63, 3.8) is 0 Å². The first-order chi connectivity index (χ1) is 14.6. The smallest absolute Gasteiger partial charge is 0.241 e. The highest BCUT2D eigenvalue weighted by Crippen LogP contribution is 2.25. The van der Waals surface area contributed by atoms with Gasteiger partial charge in [-0.2, -0.15) is 0 Å². The number of anilines is 1. The number of benzene rings is 2. The van der Waals surface area contributed by atoms with Crippen LogP contribution in [0.25, 0.3) is 0 Å². The maximum atomic E-state index is 12.9. The standard InChI is InChI=1S/C23H32N2O5S/c1-6-30-21-9-7-8-19(15-21)25(31(5,27)28)16-23(26)24-22(14-17(2)3)18-10-12-20(29-4)13-11-18/h7-13,15,17,22H,6,14,16H2,1-5H3,(H,24,26)/t22-/m0/s1. The number of rotatable bonds is 11. The maximum Gasteiger partial charge on any atom is 0.241 e. The summed E-state index contributed by atoms with van der Waals surface area (Å²) in [6.45, 7) is 6.14. The first-order valence-electron chi connectivity index (χ1n) is 10.3. The Labute approximate surface area is 185 Å². The Hall–Kier alpha value is -2.74. The second kappa shape index (κ2) is 11.0. The maximum absolute atomic E-state index is 12.9. The molecule has 0 heterocycles. The van der Waals surface area contributed by atoms with Gasteiger partial charge in [-0.15, -0.1) is 0 Å². The first-order valence-corrected chi connectivity index (χ1v) is 12.1. The summed E-state index contributed by atoms with van der Waals surface area (Å²) < 4.78 is 36.6. The average Bonchev–Trinajstić information content (AvgIpc) is 2.71. The minimum atomic E-state index is -3.68. The zero-order chi connectivity index (χ0) is 23.0. The van der Waals surface area contributed by atoms with Crippen LogP contribution in [-0.4, -0.2) is 40.8 Å². The summed E-state index contributed by atoms with van der Waals surface area (Å²) in [5, 5.41) is 3.00. The van der Waals surface area contributed by atoms with E-state index in [1.54, 1.807) is 31.4 Å². The highest BCUT2D eigenvalue weighted by molar-refractivity contribution is 7.92. The summed E-state index contributed by atoms with van der Waals surface area (Å²) in [7, 11) is -2.08. The number of carbonyl (C=O) groups excluding carboxylic acids is 1. The van der Waals surface area contributed by atoms with E-state index >= 15 is 0 Å². The van der Waals surface area contributed by atoms with E-state index in [1.807, 2.05) is 31.2 Å². The van der Waals surface area contributed by atoms with Crippen LogP contribution in [0.15, 0.2) is 48.5 Å². The normalized spacial score (nSPS) is 12.3. The number of hydrogen-bond acceptors (Lipinski definition) is 5. The van der Waals surface area contributed by atoms with Gasteiger partial charge in [0.15, 0.2) is 0 Å². The first kappa shape index (κ1) is 24.5. The summed E-state index contributed by atoms with van der Waals surface area (Å²) in [5.74, 6) is 1.23.